The molecule has 0 aliphatic heterocycles. The number of rotatable bonds is 4. The predicted octanol–water partition coefficient (Wildman–Crippen LogP) is 9.06. The molecule has 0 spiro atoms. The second-order valence-corrected chi connectivity index (χ2v) is 9.27. The first-order valence-electron chi connectivity index (χ1n) is 11.2. The highest BCUT2D eigenvalue weighted by Gasteiger charge is 2.15. The van der Waals surface area contributed by atoms with Gasteiger partial charge in [0.25, 0.3) is 0 Å². The average Bonchev–Trinajstić information content (AvgIpc) is 3.28. The van der Waals surface area contributed by atoms with Crippen molar-refractivity contribution in [2.24, 2.45) is 0 Å². The average molecular weight is 453 g/mol. The van der Waals surface area contributed by atoms with Gasteiger partial charge in [-0.15, -0.1) is 11.3 Å². The smallest absolute Gasteiger partial charge is 0.0991 e. The Labute approximate surface area is 202 Å². The van der Waals surface area contributed by atoms with Crippen LogP contribution in [0, 0.1) is 11.3 Å². The molecule has 6 rings (SSSR count). The molecule has 0 aliphatic rings. The molecule has 0 N–H and O–H groups in total. The summed E-state index contributed by atoms with van der Waals surface area (Å²) < 4.78 is 2.58. The Bertz CT molecular complexity index is 1640. The van der Waals surface area contributed by atoms with Gasteiger partial charge in [-0.1, -0.05) is 60.7 Å². The van der Waals surface area contributed by atoms with E-state index in [1.165, 1.54) is 31.3 Å². The molecule has 34 heavy (non-hydrogen) atoms. The summed E-state index contributed by atoms with van der Waals surface area (Å²) in [6.45, 7) is 0. The van der Waals surface area contributed by atoms with Crippen LogP contribution in [0.3, 0.4) is 0 Å². The van der Waals surface area contributed by atoms with Gasteiger partial charge in [0.2, 0.25) is 0 Å². The fraction of sp³-hybridized carbons (Fsp3) is 0. The molecule has 0 saturated heterocycles. The van der Waals surface area contributed by atoms with Gasteiger partial charge in [-0.25, -0.2) is 0 Å². The van der Waals surface area contributed by atoms with Crippen molar-refractivity contribution in [2.75, 3.05) is 4.90 Å². The summed E-state index contributed by atoms with van der Waals surface area (Å²) in [5, 5.41) is 11.8. The Kier molecular flexibility index (Phi) is 5.07. The van der Waals surface area contributed by atoms with Crippen LogP contribution in [0.25, 0.3) is 31.3 Å². The van der Waals surface area contributed by atoms with Crippen LogP contribution in [0.2, 0.25) is 0 Å². The second-order valence-electron chi connectivity index (χ2n) is 8.19. The van der Waals surface area contributed by atoms with E-state index in [0.29, 0.717) is 5.56 Å². The van der Waals surface area contributed by atoms with Crippen molar-refractivity contribution >= 4 is 48.6 Å². The van der Waals surface area contributed by atoms with Gasteiger partial charge >= 0.3 is 0 Å². The maximum Gasteiger partial charge on any atom is 0.0991 e. The van der Waals surface area contributed by atoms with Gasteiger partial charge in [0.1, 0.15) is 0 Å². The van der Waals surface area contributed by atoms with Crippen molar-refractivity contribution in [3.05, 3.63) is 127 Å². The molecule has 0 radical (unpaired) electrons. The van der Waals surface area contributed by atoms with Crippen LogP contribution in [0.4, 0.5) is 17.1 Å². The third kappa shape index (κ3) is 3.61. The Morgan fingerprint density at radius 2 is 1.12 bits per heavy atom. The van der Waals surface area contributed by atoms with Crippen LogP contribution in [0.5, 0.6) is 0 Å². The third-order valence-electron chi connectivity index (χ3n) is 6.11. The highest BCUT2D eigenvalue weighted by atomic mass is 32.1. The largest absolute Gasteiger partial charge is 0.310 e. The minimum Gasteiger partial charge on any atom is -0.310 e. The zero-order chi connectivity index (χ0) is 22.9. The van der Waals surface area contributed by atoms with Gasteiger partial charge in [-0.2, -0.15) is 5.26 Å². The third-order valence-corrected chi connectivity index (χ3v) is 7.26. The molecule has 0 unspecified atom stereocenters. The summed E-state index contributed by atoms with van der Waals surface area (Å²) in [5.41, 5.74) is 6.22. The maximum absolute atomic E-state index is 9.27. The number of thiophene rings is 1. The van der Waals surface area contributed by atoms with E-state index in [1.807, 2.05) is 41.7 Å². The SMILES string of the molecule is N#Cc1ccc(N(c2ccc(-c3ccccc3)cc2)c2ccc3sc4ccccc4c3c2)cc1. The normalized spacial score (nSPS) is 10.9. The minimum atomic E-state index is 0.655. The molecule has 6 aromatic rings. The number of hydrogen-bond donors (Lipinski definition) is 0. The fourth-order valence-corrected chi connectivity index (χ4v) is 5.51. The summed E-state index contributed by atoms with van der Waals surface area (Å²) >= 11 is 1.82. The zero-order valence-electron chi connectivity index (χ0n) is 18.3. The van der Waals surface area contributed by atoms with Crippen molar-refractivity contribution in [2.45, 2.75) is 0 Å². The molecule has 5 aromatic carbocycles. The lowest BCUT2D eigenvalue weighted by atomic mass is 10.0. The molecule has 2 nitrogen and oxygen atoms in total. The molecule has 0 aliphatic carbocycles. The summed E-state index contributed by atoms with van der Waals surface area (Å²) in [6, 6.07) is 44.3. The number of benzene rings is 5. The number of nitriles is 1. The molecule has 160 valence electrons. The van der Waals surface area contributed by atoms with Crippen LogP contribution < -0.4 is 4.90 Å². The summed E-state index contributed by atoms with van der Waals surface area (Å²) in [4.78, 5) is 2.25. The Morgan fingerprint density at radius 1 is 0.529 bits per heavy atom. The molecular formula is C31H20N2S. The molecule has 0 atom stereocenters. The van der Waals surface area contributed by atoms with Crippen molar-refractivity contribution in [1.82, 2.24) is 0 Å². The van der Waals surface area contributed by atoms with Gasteiger partial charge in [-0.3, -0.25) is 0 Å². The van der Waals surface area contributed by atoms with Crippen LogP contribution in [0.1, 0.15) is 5.56 Å². The molecule has 0 amide bonds. The topological polar surface area (TPSA) is 27.0 Å². The van der Waals surface area contributed by atoms with Gasteiger partial charge in [0.05, 0.1) is 11.6 Å². The molecule has 1 heterocycles. The van der Waals surface area contributed by atoms with Crippen molar-refractivity contribution < 1.29 is 0 Å². The van der Waals surface area contributed by atoms with Crippen molar-refractivity contribution in [3.63, 3.8) is 0 Å². The quantitative estimate of drug-likeness (QED) is 0.267. The molecule has 0 saturated carbocycles. The van der Waals surface area contributed by atoms with E-state index in [4.69, 9.17) is 0 Å². The number of nitrogens with zero attached hydrogens (tertiary/aromatic N) is 2. The Morgan fingerprint density at radius 3 is 1.85 bits per heavy atom. The first-order chi connectivity index (χ1) is 16.8. The van der Waals surface area contributed by atoms with Gasteiger partial charge in [-0.05, 0) is 71.8 Å². The van der Waals surface area contributed by atoms with Crippen LogP contribution in [0.15, 0.2) is 121 Å². The summed E-state index contributed by atoms with van der Waals surface area (Å²) in [6.07, 6.45) is 0. The number of anilines is 3. The maximum atomic E-state index is 9.27. The van der Waals surface area contributed by atoms with Crippen molar-refractivity contribution in [1.29, 1.82) is 5.26 Å². The van der Waals surface area contributed by atoms with E-state index >= 15 is 0 Å². The molecule has 1 aromatic heterocycles. The van der Waals surface area contributed by atoms with E-state index in [0.717, 1.165) is 17.1 Å². The van der Waals surface area contributed by atoms with Gasteiger partial charge in [0.15, 0.2) is 0 Å². The first-order valence-corrected chi connectivity index (χ1v) is 12.0. The van der Waals surface area contributed by atoms with Crippen LogP contribution >= 0.6 is 11.3 Å². The van der Waals surface area contributed by atoms with E-state index in [9.17, 15) is 5.26 Å². The number of fused-ring (bicyclic) bond motifs is 3. The lowest BCUT2D eigenvalue weighted by molar-refractivity contribution is 1.29. The second kappa shape index (κ2) is 8.51. The molecule has 3 heteroatoms. The van der Waals surface area contributed by atoms with Crippen LogP contribution in [-0.4, -0.2) is 0 Å². The number of hydrogen-bond acceptors (Lipinski definition) is 3. The lowest BCUT2D eigenvalue weighted by Gasteiger charge is -2.26. The molecule has 0 bridgehead atoms. The predicted molar refractivity (Wildman–Crippen MR) is 144 cm³/mol. The standard InChI is InChI=1S/C31H20N2S/c32-21-22-10-14-25(15-11-22)33(26-16-12-24(13-17-26)23-6-2-1-3-7-23)27-18-19-31-29(20-27)28-8-4-5-9-30(28)34-31/h1-20H. The minimum absolute atomic E-state index is 0.655. The van der Waals surface area contributed by atoms with E-state index in [1.54, 1.807) is 0 Å². The van der Waals surface area contributed by atoms with E-state index < -0.39 is 0 Å². The van der Waals surface area contributed by atoms with Crippen molar-refractivity contribution in [3.8, 4) is 17.2 Å². The monoisotopic (exact) mass is 452 g/mol. The first kappa shape index (κ1) is 20.2. The Hall–Kier alpha value is -4.39. The fourth-order valence-electron chi connectivity index (χ4n) is 4.42. The van der Waals surface area contributed by atoms with Crippen LogP contribution in [-0.2, 0) is 0 Å². The Balaban J connectivity index is 1.50. The van der Waals surface area contributed by atoms with E-state index in [-0.39, 0.29) is 0 Å². The van der Waals surface area contributed by atoms with Gasteiger partial charge < -0.3 is 4.90 Å². The lowest BCUT2D eigenvalue weighted by Crippen LogP contribution is -2.09. The molecular weight excluding hydrogens is 432 g/mol. The highest BCUT2D eigenvalue weighted by Crippen LogP contribution is 2.40. The summed E-state index contributed by atoms with van der Waals surface area (Å²) in [5.74, 6) is 0. The van der Waals surface area contributed by atoms with E-state index in [2.05, 4.69) is 102 Å². The molecule has 0 fully saturated rings. The summed E-state index contributed by atoms with van der Waals surface area (Å²) in [7, 11) is 0. The van der Waals surface area contributed by atoms with Gasteiger partial charge in [0, 0.05) is 37.2 Å². The highest BCUT2D eigenvalue weighted by molar-refractivity contribution is 7.25. The zero-order valence-corrected chi connectivity index (χ0v) is 19.2.